The maximum Gasteiger partial charge on any atom is 0.257 e. The number of nitrogens with one attached hydrogen (secondary N) is 2. The van der Waals surface area contributed by atoms with E-state index in [0.29, 0.717) is 41.4 Å². The third-order valence-corrected chi connectivity index (χ3v) is 4.96. The van der Waals surface area contributed by atoms with Crippen LogP contribution in [0.15, 0.2) is 24.4 Å². The molecular formula is C19H22ClN9O2. The van der Waals surface area contributed by atoms with Crippen molar-refractivity contribution in [2.24, 2.45) is 7.05 Å². The van der Waals surface area contributed by atoms with Crippen LogP contribution in [-0.2, 0) is 18.4 Å². The Hall–Kier alpha value is -3.44. The third kappa shape index (κ3) is 4.09. The maximum atomic E-state index is 12.7. The SMILES string of the molecule is CNc1cc(Cl)nc2c(C(=O)NC(C)COCc3cc(N)c4nnn(C)c4c3)cnn12. The molecule has 3 aromatic heterocycles. The number of aryl methyl sites for hydroxylation is 1. The summed E-state index contributed by atoms with van der Waals surface area (Å²) in [6, 6.07) is 5.13. The molecule has 0 saturated carbocycles. The highest BCUT2D eigenvalue weighted by Crippen LogP contribution is 2.21. The number of nitrogens with two attached hydrogens (primary N) is 1. The van der Waals surface area contributed by atoms with Crippen molar-refractivity contribution in [3.63, 3.8) is 0 Å². The van der Waals surface area contributed by atoms with Gasteiger partial charge < -0.3 is 21.1 Å². The van der Waals surface area contributed by atoms with Crippen LogP contribution in [0.4, 0.5) is 11.5 Å². The lowest BCUT2D eigenvalue weighted by atomic mass is 10.2. The summed E-state index contributed by atoms with van der Waals surface area (Å²) in [6.07, 6.45) is 1.46. The number of fused-ring (bicyclic) bond motifs is 2. The molecule has 1 aromatic carbocycles. The van der Waals surface area contributed by atoms with Crippen molar-refractivity contribution in [2.75, 3.05) is 24.7 Å². The van der Waals surface area contributed by atoms with E-state index >= 15 is 0 Å². The number of rotatable bonds is 7. The minimum absolute atomic E-state index is 0.246. The molecular weight excluding hydrogens is 422 g/mol. The molecule has 0 fully saturated rings. The van der Waals surface area contributed by atoms with Crippen LogP contribution in [0, 0.1) is 0 Å². The van der Waals surface area contributed by atoms with Gasteiger partial charge in [-0.25, -0.2) is 9.67 Å². The molecule has 0 aliphatic rings. The molecule has 4 aromatic rings. The molecule has 162 valence electrons. The summed E-state index contributed by atoms with van der Waals surface area (Å²) in [4.78, 5) is 16.9. The van der Waals surface area contributed by atoms with Crippen molar-refractivity contribution >= 4 is 45.7 Å². The Bertz CT molecular complexity index is 1270. The fraction of sp³-hybridized carbons (Fsp3) is 0.316. The first-order valence-corrected chi connectivity index (χ1v) is 9.93. The van der Waals surface area contributed by atoms with Gasteiger partial charge in [-0.2, -0.15) is 9.61 Å². The minimum atomic E-state index is -0.311. The summed E-state index contributed by atoms with van der Waals surface area (Å²) in [5, 5.41) is 18.4. The Kier molecular flexibility index (Phi) is 5.61. The molecule has 0 radical (unpaired) electrons. The zero-order valence-electron chi connectivity index (χ0n) is 17.3. The van der Waals surface area contributed by atoms with Gasteiger partial charge in [0.1, 0.15) is 22.1 Å². The zero-order valence-corrected chi connectivity index (χ0v) is 18.0. The van der Waals surface area contributed by atoms with E-state index in [1.807, 2.05) is 19.1 Å². The van der Waals surface area contributed by atoms with E-state index < -0.39 is 0 Å². The Morgan fingerprint density at radius 3 is 2.94 bits per heavy atom. The van der Waals surface area contributed by atoms with Gasteiger partial charge >= 0.3 is 0 Å². The van der Waals surface area contributed by atoms with Crippen molar-refractivity contribution in [3.8, 4) is 0 Å². The highest BCUT2D eigenvalue weighted by Gasteiger charge is 2.18. The predicted octanol–water partition coefficient (Wildman–Crippen LogP) is 1.62. The number of ether oxygens (including phenoxy) is 1. The molecule has 4 N–H and O–H groups in total. The fourth-order valence-corrected chi connectivity index (χ4v) is 3.45. The summed E-state index contributed by atoms with van der Waals surface area (Å²) in [7, 11) is 3.54. The predicted molar refractivity (Wildman–Crippen MR) is 117 cm³/mol. The number of carbonyl (C=O) groups is 1. The van der Waals surface area contributed by atoms with Crippen LogP contribution >= 0.6 is 11.6 Å². The van der Waals surface area contributed by atoms with Crippen LogP contribution in [0.1, 0.15) is 22.8 Å². The molecule has 1 unspecified atom stereocenters. The van der Waals surface area contributed by atoms with Crippen LogP contribution in [0.25, 0.3) is 16.7 Å². The molecule has 0 aliphatic carbocycles. The number of nitrogen functional groups attached to an aromatic ring is 1. The molecule has 4 rings (SSSR count). The Balaban J connectivity index is 1.39. The van der Waals surface area contributed by atoms with E-state index in [9.17, 15) is 4.79 Å². The summed E-state index contributed by atoms with van der Waals surface area (Å²) in [6.45, 7) is 2.50. The zero-order chi connectivity index (χ0) is 22.1. The first-order valence-electron chi connectivity index (χ1n) is 9.55. The normalized spacial score (nSPS) is 12.4. The lowest BCUT2D eigenvalue weighted by Gasteiger charge is -2.14. The van der Waals surface area contributed by atoms with Crippen LogP contribution < -0.4 is 16.4 Å². The quantitative estimate of drug-likeness (QED) is 0.289. The molecule has 11 nitrogen and oxygen atoms in total. The van der Waals surface area contributed by atoms with Gasteiger partial charge in [-0.3, -0.25) is 4.79 Å². The van der Waals surface area contributed by atoms with Crippen molar-refractivity contribution in [1.29, 1.82) is 0 Å². The number of halogens is 1. The van der Waals surface area contributed by atoms with E-state index in [4.69, 9.17) is 22.1 Å². The van der Waals surface area contributed by atoms with Gasteiger partial charge in [0, 0.05) is 26.2 Å². The average Bonchev–Trinajstić information content (AvgIpc) is 3.31. The van der Waals surface area contributed by atoms with Crippen molar-refractivity contribution < 1.29 is 9.53 Å². The van der Waals surface area contributed by atoms with Crippen molar-refractivity contribution in [1.82, 2.24) is 34.9 Å². The highest BCUT2D eigenvalue weighted by molar-refractivity contribution is 6.29. The molecule has 12 heteroatoms. The van der Waals surface area contributed by atoms with E-state index in [1.54, 1.807) is 24.8 Å². The second-order valence-electron chi connectivity index (χ2n) is 7.16. The Morgan fingerprint density at radius 2 is 2.16 bits per heavy atom. The number of carbonyl (C=O) groups excluding carboxylic acids is 1. The van der Waals surface area contributed by atoms with Gasteiger partial charge in [-0.15, -0.1) is 5.10 Å². The molecule has 1 atom stereocenters. The van der Waals surface area contributed by atoms with Crippen LogP contribution in [0.5, 0.6) is 0 Å². The molecule has 0 bridgehead atoms. The van der Waals surface area contributed by atoms with Crippen molar-refractivity contribution in [2.45, 2.75) is 19.6 Å². The number of aromatic nitrogens is 6. The summed E-state index contributed by atoms with van der Waals surface area (Å²) < 4.78 is 8.96. The van der Waals surface area contributed by atoms with E-state index in [2.05, 4.69) is 31.0 Å². The maximum absolute atomic E-state index is 12.7. The highest BCUT2D eigenvalue weighted by atomic mass is 35.5. The topological polar surface area (TPSA) is 137 Å². The third-order valence-electron chi connectivity index (χ3n) is 4.76. The van der Waals surface area contributed by atoms with Gasteiger partial charge in [0.25, 0.3) is 5.91 Å². The largest absolute Gasteiger partial charge is 0.397 e. The van der Waals surface area contributed by atoms with Gasteiger partial charge in [-0.1, -0.05) is 16.8 Å². The van der Waals surface area contributed by atoms with Gasteiger partial charge in [-0.05, 0) is 24.6 Å². The minimum Gasteiger partial charge on any atom is -0.397 e. The monoisotopic (exact) mass is 443 g/mol. The number of hydrogen-bond acceptors (Lipinski definition) is 8. The molecule has 0 saturated heterocycles. The number of benzene rings is 1. The lowest BCUT2D eigenvalue weighted by molar-refractivity contribution is 0.0822. The standard InChI is InChI=1S/C19H22ClN9O2/c1-10(8-31-9-11-4-13(21)17-14(5-11)28(3)27-26-17)24-19(30)12-7-23-29-16(22-2)6-15(20)25-18(12)29/h4-7,10,22H,8-9,21H2,1-3H3,(H,24,30). The average molecular weight is 444 g/mol. The molecule has 0 aliphatic heterocycles. The smallest absolute Gasteiger partial charge is 0.257 e. The van der Waals surface area contributed by atoms with Crippen molar-refractivity contribution in [3.05, 3.63) is 40.7 Å². The second kappa shape index (κ2) is 8.36. The summed E-state index contributed by atoms with van der Waals surface area (Å²) >= 11 is 6.06. The number of hydrogen-bond donors (Lipinski definition) is 3. The Morgan fingerprint density at radius 1 is 1.35 bits per heavy atom. The van der Waals surface area contributed by atoms with E-state index in [1.165, 1.54) is 10.7 Å². The number of amides is 1. The van der Waals surface area contributed by atoms with Gasteiger partial charge in [0.05, 0.1) is 30.6 Å². The Labute approximate surface area is 182 Å². The van der Waals surface area contributed by atoms with Gasteiger partial charge in [0.2, 0.25) is 0 Å². The summed E-state index contributed by atoms with van der Waals surface area (Å²) in [5.74, 6) is 0.319. The molecule has 1 amide bonds. The molecule has 0 spiro atoms. The van der Waals surface area contributed by atoms with Gasteiger partial charge in [0.15, 0.2) is 5.65 Å². The molecule has 31 heavy (non-hydrogen) atoms. The second-order valence-corrected chi connectivity index (χ2v) is 7.55. The number of nitrogens with zero attached hydrogens (tertiary/aromatic N) is 6. The van der Waals surface area contributed by atoms with E-state index in [-0.39, 0.29) is 17.1 Å². The fourth-order valence-electron chi connectivity index (χ4n) is 3.27. The first-order chi connectivity index (χ1) is 14.9. The molecule has 3 heterocycles. The van der Waals surface area contributed by atoms with Crippen LogP contribution in [0.3, 0.4) is 0 Å². The van der Waals surface area contributed by atoms with E-state index in [0.717, 1.165) is 11.1 Å². The number of anilines is 2. The first kappa shape index (κ1) is 20.8. The lowest BCUT2D eigenvalue weighted by Crippen LogP contribution is -2.35. The van der Waals surface area contributed by atoms with Crippen LogP contribution in [-0.4, -0.2) is 55.2 Å². The summed E-state index contributed by atoms with van der Waals surface area (Å²) in [5.41, 5.74) is 9.68. The van der Waals surface area contributed by atoms with Crippen LogP contribution in [0.2, 0.25) is 5.15 Å².